The Labute approximate surface area is 285 Å². The minimum absolute atomic E-state index is 0.00689. The lowest BCUT2D eigenvalue weighted by atomic mass is 10.0. The lowest BCUT2D eigenvalue weighted by molar-refractivity contribution is -0.140. The normalized spacial score (nSPS) is 12.1. The number of anilines is 1. The number of halogens is 1. The molecular formula is C36H40BrN3O6S. The van der Waals surface area contributed by atoms with Crippen LogP contribution in [0.5, 0.6) is 11.5 Å². The molecule has 0 aliphatic carbocycles. The number of amides is 2. The first-order chi connectivity index (χ1) is 22.3. The second kappa shape index (κ2) is 15.5. The minimum atomic E-state index is -4.26. The Morgan fingerprint density at radius 3 is 2.02 bits per heavy atom. The highest BCUT2D eigenvalue weighted by Gasteiger charge is 2.36. The van der Waals surface area contributed by atoms with E-state index in [1.807, 2.05) is 75.4 Å². The van der Waals surface area contributed by atoms with Crippen molar-refractivity contribution in [3.05, 3.63) is 119 Å². The van der Waals surface area contributed by atoms with Crippen molar-refractivity contribution in [2.24, 2.45) is 0 Å². The lowest BCUT2D eigenvalue weighted by Crippen LogP contribution is -2.56. The molecule has 0 aromatic heterocycles. The Bertz CT molecular complexity index is 1780. The minimum Gasteiger partial charge on any atom is -0.493 e. The number of rotatable bonds is 13. The number of benzene rings is 4. The number of hydrogen-bond acceptors (Lipinski definition) is 6. The van der Waals surface area contributed by atoms with Crippen LogP contribution in [0.3, 0.4) is 0 Å². The molecule has 0 saturated carbocycles. The third-order valence-electron chi connectivity index (χ3n) is 7.28. The van der Waals surface area contributed by atoms with Gasteiger partial charge in [0.05, 0.1) is 24.8 Å². The second-order valence-corrected chi connectivity index (χ2v) is 14.7. The monoisotopic (exact) mass is 721 g/mol. The molecule has 11 heteroatoms. The SMILES string of the molecule is COc1ccc(N(CC(=O)N(Cc2cccc(Br)c2)[C@@H](Cc2ccccc2)C(=O)NC(C)(C)C)S(=O)(=O)c2ccccc2)cc1OC. The third kappa shape index (κ3) is 9.36. The second-order valence-electron chi connectivity index (χ2n) is 12.0. The summed E-state index contributed by atoms with van der Waals surface area (Å²) < 4.78 is 41.2. The Kier molecular flexibility index (Phi) is 11.7. The van der Waals surface area contributed by atoms with Crippen LogP contribution in [0.1, 0.15) is 31.9 Å². The van der Waals surface area contributed by atoms with Gasteiger partial charge in [-0.05, 0) is 68.3 Å². The summed E-state index contributed by atoms with van der Waals surface area (Å²) in [7, 11) is -1.33. The van der Waals surface area contributed by atoms with E-state index in [2.05, 4.69) is 21.2 Å². The Balaban J connectivity index is 1.85. The number of sulfonamides is 1. The molecular weight excluding hydrogens is 682 g/mol. The first kappa shape index (κ1) is 35.5. The molecule has 9 nitrogen and oxygen atoms in total. The zero-order valence-electron chi connectivity index (χ0n) is 27.1. The molecule has 4 rings (SSSR count). The molecule has 0 unspecified atom stereocenters. The van der Waals surface area contributed by atoms with Gasteiger partial charge in [-0.1, -0.05) is 76.6 Å². The van der Waals surface area contributed by atoms with Crippen LogP contribution in [0.2, 0.25) is 0 Å². The average Bonchev–Trinajstić information content (AvgIpc) is 3.04. The number of ether oxygens (including phenoxy) is 2. The summed E-state index contributed by atoms with van der Waals surface area (Å²) in [6, 6.07) is 28.5. The molecule has 4 aromatic rings. The van der Waals surface area contributed by atoms with Crippen LogP contribution < -0.4 is 19.1 Å². The predicted molar refractivity (Wildman–Crippen MR) is 187 cm³/mol. The van der Waals surface area contributed by atoms with Crippen molar-refractivity contribution in [1.29, 1.82) is 0 Å². The molecule has 1 atom stereocenters. The molecule has 4 aromatic carbocycles. The fourth-order valence-corrected chi connectivity index (χ4v) is 6.94. The molecule has 0 aliphatic heterocycles. The Hall–Kier alpha value is -4.35. The summed E-state index contributed by atoms with van der Waals surface area (Å²) >= 11 is 3.50. The van der Waals surface area contributed by atoms with E-state index in [-0.39, 0.29) is 29.5 Å². The largest absolute Gasteiger partial charge is 0.493 e. The predicted octanol–water partition coefficient (Wildman–Crippen LogP) is 6.22. The number of carbonyl (C=O) groups excluding carboxylic acids is 2. The maximum absolute atomic E-state index is 14.6. The van der Waals surface area contributed by atoms with Gasteiger partial charge in [0.15, 0.2) is 11.5 Å². The molecule has 0 fully saturated rings. The smallest absolute Gasteiger partial charge is 0.264 e. The van der Waals surface area contributed by atoms with Gasteiger partial charge in [0.25, 0.3) is 10.0 Å². The van der Waals surface area contributed by atoms with E-state index in [9.17, 15) is 18.0 Å². The van der Waals surface area contributed by atoms with E-state index in [1.165, 1.54) is 37.3 Å². The maximum atomic E-state index is 14.6. The van der Waals surface area contributed by atoms with Crippen molar-refractivity contribution < 1.29 is 27.5 Å². The standard InChI is InChI=1S/C36H40BrN3O6S/c1-36(2,3)38-35(42)31(22-26-13-8-6-9-14-26)39(24-27-15-12-16-28(37)21-27)34(41)25-40(47(43,44)30-17-10-7-11-18-30)29-19-20-32(45-4)33(23-29)46-5/h6-21,23,31H,22,24-25H2,1-5H3,(H,38,42)/t31-/m0/s1. The summed E-state index contributed by atoms with van der Waals surface area (Å²) in [5, 5.41) is 3.04. The summed E-state index contributed by atoms with van der Waals surface area (Å²) in [4.78, 5) is 30.1. The highest BCUT2D eigenvalue weighted by atomic mass is 79.9. The molecule has 248 valence electrons. The molecule has 47 heavy (non-hydrogen) atoms. The first-order valence-electron chi connectivity index (χ1n) is 15.0. The van der Waals surface area contributed by atoms with E-state index >= 15 is 0 Å². The van der Waals surface area contributed by atoms with E-state index in [0.717, 1.165) is 19.9 Å². The van der Waals surface area contributed by atoms with Gasteiger partial charge in [0.2, 0.25) is 11.8 Å². The van der Waals surface area contributed by atoms with Crippen molar-refractivity contribution in [3.63, 3.8) is 0 Å². The molecule has 2 amide bonds. The molecule has 1 N–H and O–H groups in total. The van der Waals surface area contributed by atoms with Gasteiger partial charge in [-0.3, -0.25) is 13.9 Å². The van der Waals surface area contributed by atoms with Gasteiger partial charge >= 0.3 is 0 Å². The summed E-state index contributed by atoms with van der Waals surface area (Å²) in [5.74, 6) is -0.224. The van der Waals surface area contributed by atoms with Crippen molar-refractivity contribution in [2.75, 3.05) is 25.1 Å². The van der Waals surface area contributed by atoms with Crippen LogP contribution >= 0.6 is 15.9 Å². The van der Waals surface area contributed by atoms with Crippen LogP contribution in [-0.4, -0.2) is 57.5 Å². The van der Waals surface area contributed by atoms with Crippen LogP contribution in [0, 0.1) is 0 Å². The van der Waals surface area contributed by atoms with Gasteiger partial charge < -0.3 is 19.7 Å². The topological polar surface area (TPSA) is 105 Å². The van der Waals surface area contributed by atoms with Crippen molar-refractivity contribution in [1.82, 2.24) is 10.2 Å². The van der Waals surface area contributed by atoms with Crippen LogP contribution in [0.4, 0.5) is 5.69 Å². The summed E-state index contributed by atoms with van der Waals surface area (Å²) in [5.41, 5.74) is 1.22. The van der Waals surface area contributed by atoms with Gasteiger partial charge in [-0.2, -0.15) is 0 Å². The van der Waals surface area contributed by atoms with Crippen molar-refractivity contribution in [3.8, 4) is 11.5 Å². The van der Waals surface area contributed by atoms with Crippen LogP contribution in [-0.2, 0) is 32.6 Å². The van der Waals surface area contributed by atoms with Gasteiger partial charge in [0, 0.05) is 29.0 Å². The van der Waals surface area contributed by atoms with Crippen molar-refractivity contribution in [2.45, 2.75) is 50.2 Å². The maximum Gasteiger partial charge on any atom is 0.264 e. The van der Waals surface area contributed by atoms with Gasteiger partial charge in [-0.25, -0.2) is 8.42 Å². The van der Waals surface area contributed by atoms with E-state index in [4.69, 9.17) is 9.47 Å². The molecule has 0 bridgehead atoms. The zero-order valence-corrected chi connectivity index (χ0v) is 29.5. The number of nitrogens with zero attached hydrogens (tertiary/aromatic N) is 2. The molecule has 0 aliphatic rings. The zero-order chi connectivity index (χ0) is 34.2. The fraction of sp³-hybridized carbons (Fsp3) is 0.278. The summed E-state index contributed by atoms with van der Waals surface area (Å²) in [6.07, 6.45) is 0.213. The van der Waals surface area contributed by atoms with Crippen LogP contribution in [0.25, 0.3) is 0 Å². The Morgan fingerprint density at radius 1 is 0.809 bits per heavy atom. The average molecular weight is 723 g/mol. The van der Waals surface area contributed by atoms with E-state index in [1.54, 1.807) is 30.3 Å². The highest BCUT2D eigenvalue weighted by Crippen LogP contribution is 2.34. The first-order valence-corrected chi connectivity index (χ1v) is 17.3. The quantitative estimate of drug-likeness (QED) is 0.176. The van der Waals surface area contributed by atoms with Gasteiger partial charge in [0.1, 0.15) is 12.6 Å². The number of nitrogens with one attached hydrogen (secondary N) is 1. The Morgan fingerprint density at radius 2 is 1.43 bits per heavy atom. The number of hydrogen-bond donors (Lipinski definition) is 1. The third-order valence-corrected chi connectivity index (χ3v) is 9.56. The number of methoxy groups -OCH3 is 2. The lowest BCUT2D eigenvalue weighted by Gasteiger charge is -2.35. The molecule has 0 radical (unpaired) electrons. The summed E-state index contributed by atoms with van der Waals surface area (Å²) in [6.45, 7) is 5.08. The van der Waals surface area contributed by atoms with Crippen molar-refractivity contribution >= 4 is 43.5 Å². The number of carbonyl (C=O) groups is 2. The molecule has 0 spiro atoms. The highest BCUT2D eigenvalue weighted by molar-refractivity contribution is 9.10. The fourth-order valence-electron chi connectivity index (χ4n) is 5.07. The van der Waals surface area contributed by atoms with E-state index in [0.29, 0.717) is 11.5 Å². The van der Waals surface area contributed by atoms with E-state index < -0.39 is 34.1 Å². The molecule has 0 saturated heterocycles. The van der Waals surface area contributed by atoms with Gasteiger partial charge in [-0.15, -0.1) is 0 Å². The molecule has 0 heterocycles. The van der Waals surface area contributed by atoms with Crippen LogP contribution in [0.15, 0.2) is 112 Å².